The van der Waals surface area contributed by atoms with E-state index in [0.717, 1.165) is 27.9 Å². The van der Waals surface area contributed by atoms with Crippen molar-refractivity contribution < 1.29 is 8.42 Å². The van der Waals surface area contributed by atoms with Gasteiger partial charge in [-0.05, 0) is 29.8 Å². The molecule has 0 spiro atoms. The van der Waals surface area contributed by atoms with Crippen LogP contribution in [0.1, 0.15) is 0 Å². The summed E-state index contributed by atoms with van der Waals surface area (Å²) in [7, 11) is -3.65. The van der Waals surface area contributed by atoms with Crippen molar-refractivity contribution in [3.63, 3.8) is 0 Å². The lowest BCUT2D eigenvalue weighted by Crippen LogP contribution is -2.56. The number of fused-ring (bicyclic) bond motifs is 1. The largest absolute Gasteiger partial charge is 0.339 e. The molecular weight excluding hydrogens is 386 g/mol. The van der Waals surface area contributed by atoms with Crippen molar-refractivity contribution in [3.8, 4) is 22.5 Å². The summed E-state index contributed by atoms with van der Waals surface area (Å²) in [5.41, 5.74) is 4.16. The first-order valence-corrected chi connectivity index (χ1v) is 10.8. The molecule has 1 fully saturated rings. The van der Waals surface area contributed by atoms with Crippen LogP contribution >= 0.6 is 0 Å². The second kappa shape index (κ2) is 7.07. The number of sulfonamides is 1. The number of nitrogens with one attached hydrogen (secondary N) is 3. The van der Waals surface area contributed by atoms with Crippen LogP contribution in [0.5, 0.6) is 0 Å². The summed E-state index contributed by atoms with van der Waals surface area (Å²) < 4.78 is 27.8. The first kappa shape index (κ1) is 18.0. The summed E-state index contributed by atoms with van der Waals surface area (Å²) in [6.07, 6.45) is 1.70. The van der Waals surface area contributed by atoms with Gasteiger partial charge >= 0.3 is 0 Å². The van der Waals surface area contributed by atoms with Gasteiger partial charge in [-0.15, -0.1) is 0 Å². The van der Waals surface area contributed by atoms with Crippen LogP contribution in [-0.4, -0.2) is 42.5 Å². The van der Waals surface area contributed by atoms with Crippen molar-refractivity contribution in [2.24, 2.45) is 0 Å². The molecule has 1 aliphatic heterocycles. The van der Waals surface area contributed by atoms with Gasteiger partial charge in [0.2, 0.25) is 0 Å². The van der Waals surface area contributed by atoms with Crippen molar-refractivity contribution in [1.82, 2.24) is 25.0 Å². The minimum atomic E-state index is -3.65. The van der Waals surface area contributed by atoms with E-state index in [2.05, 4.69) is 25.0 Å². The highest BCUT2D eigenvalue weighted by Crippen LogP contribution is 2.26. The van der Waals surface area contributed by atoms with Crippen LogP contribution in [0, 0.1) is 0 Å². The van der Waals surface area contributed by atoms with Gasteiger partial charge in [0.05, 0.1) is 5.69 Å². The summed E-state index contributed by atoms with van der Waals surface area (Å²) in [5.74, 6) is 0. The smallest absolute Gasteiger partial charge is 0.258 e. The lowest BCUT2D eigenvalue weighted by Gasteiger charge is -2.27. The predicted molar refractivity (Wildman–Crippen MR) is 112 cm³/mol. The molecule has 0 aliphatic carbocycles. The molecule has 8 heteroatoms. The zero-order chi connectivity index (χ0) is 19.8. The minimum Gasteiger partial charge on any atom is -0.339 e. The monoisotopic (exact) mass is 405 g/mol. The number of aromatic amines is 1. The van der Waals surface area contributed by atoms with E-state index in [9.17, 15) is 8.42 Å². The van der Waals surface area contributed by atoms with Gasteiger partial charge < -0.3 is 10.3 Å². The van der Waals surface area contributed by atoms with Gasteiger partial charge in [0, 0.05) is 42.0 Å². The molecule has 0 bridgehead atoms. The van der Waals surface area contributed by atoms with E-state index >= 15 is 0 Å². The summed E-state index contributed by atoms with van der Waals surface area (Å²) in [6, 6.07) is 18.9. The SMILES string of the molecule is O=S(=O)(NC1CNC1)c1cccc(-c2cnc3[nH]c(-c4ccccc4)cc3c2)n1. The average molecular weight is 405 g/mol. The standard InChI is InChI=1S/C21H19N5O2S/c27-29(28,26-17-12-22-13-17)20-8-4-7-18(24-20)16-9-15-10-19(25-21(15)23-11-16)14-5-2-1-3-6-14/h1-11,17,22,26H,12-13H2,(H,23,25). The molecule has 3 aromatic heterocycles. The van der Waals surface area contributed by atoms with Crippen LogP contribution in [-0.2, 0) is 10.0 Å². The van der Waals surface area contributed by atoms with E-state index in [0.29, 0.717) is 18.8 Å². The second-order valence-corrected chi connectivity index (χ2v) is 8.71. The molecule has 0 radical (unpaired) electrons. The Hall–Kier alpha value is -3.07. The number of hydrogen-bond donors (Lipinski definition) is 3. The number of rotatable bonds is 5. The third kappa shape index (κ3) is 3.53. The Morgan fingerprint density at radius 1 is 0.966 bits per heavy atom. The Morgan fingerprint density at radius 3 is 2.55 bits per heavy atom. The fourth-order valence-electron chi connectivity index (χ4n) is 3.31. The Kier molecular flexibility index (Phi) is 4.39. The van der Waals surface area contributed by atoms with E-state index in [4.69, 9.17) is 0 Å². The summed E-state index contributed by atoms with van der Waals surface area (Å²) >= 11 is 0. The molecule has 4 heterocycles. The van der Waals surface area contributed by atoms with Gasteiger partial charge in [0.25, 0.3) is 10.0 Å². The highest BCUT2D eigenvalue weighted by molar-refractivity contribution is 7.89. The zero-order valence-corrected chi connectivity index (χ0v) is 16.3. The van der Waals surface area contributed by atoms with Crippen LogP contribution < -0.4 is 10.0 Å². The van der Waals surface area contributed by atoms with Crippen LogP contribution in [0.4, 0.5) is 0 Å². The Labute approximate surface area is 168 Å². The molecule has 146 valence electrons. The molecule has 1 aromatic carbocycles. The first-order valence-electron chi connectivity index (χ1n) is 9.33. The molecule has 0 saturated carbocycles. The number of nitrogens with zero attached hydrogens (tertiary/aromatic N) is 2. The molecule has 29 heavy (non-hydrogen) atoms. The third-order valence-electron chi connectivity index (χ3n) is 4.95. The van der Waals surface area contributed by atoms with Gasteiger partial charge in [-0.3, -0.25) is 0 Å². The molecule has 1 saturated heterocycles. The Bertz CT molecular complexity index is 1280. The van der Waals surface area contributed by atoms with Crippen LogP contribution in [0.25, 0.3) is 33.5 Å². The van der Waals surface area contributed by atoms with Crippen molar-refractivity contribution in [2.45, 2.75) is 11.1 Å². The van der Waals surface area contributed by atoms with Crippen LogP contribution in [0.2, 0.25) is 0 Å². The Balaban J connectivity index is 1.49. The topological polar surface area (TPSA) is 99.8 Å². The van der Waals surface area contributed by atoms with E-state index in [1.807, 2.05) is 42.5 Å². The van der Waals surface area contributed by atoms with E-state index in [1.54, 1.807) is 18.3 Å². The number of pyridine rings is 2. The molecular formula is C21H19N5O2S. The van der Waals surface area contributed by atoms with Gasteiger partial charge in [-0.25, -0.2) is 23.1 Å². The van der Waals surface area contributed by atoms with Crippen molar-refractivity contribution in [2.75, 3.05) is 13.1 Å². The maximum Gasteiger partial charge on any atom is 0.258 e. The quantitative estimate of drug-likeness (QED) is 0.474. The van der Waals surface area contributed by atoms with Crippen LogP contribution in [0.3, 0.4) is 0 Å². The maximum absolute atomic E-state index is 12.6. The highest BCUT2D eigenvalue weighted by atomic mass is 32.2. The van der Waals surface area contributed by atoms with Gasteiger partial charge in [-0.1, -0.05) is 36.4 Å². The normalized spacial score (nSPS) is 14.8. The van der Waals surface area contributed by atoms with Crippen molar-refractivity contribution in [1.29, 1.82) is 0 Å². The lowest BCUT2D eigenvalue weighted by molar-refractivity contribution is 0.410. The number of H-pyrrole nitrogens is 1. The van der Waals surface area contributed by atoms with E-state index in [-0.39, 0.29) is 11.1 Å². The fourth-order valence-corrected chi connectivity index (χ4v) is 4.51. The molecule has 1 aliphatic rings. The third-order valence-corrected chi connectivity index (χ3v) is 6.37. The van der Waals surface area contributed by atoms with Gasteiger partial charge in [0.1, 0.15) is 5.65 Å². The fraction of sp³-hybridized carbons (Fsp3) is 0.143. The molecule has 5 rings (SSSR count). The van der Waals surface area contributed by atoms with Gasteiger partial charge in [-0.2, -0.15) is 0 Å². The summed E-state index contributed by atoms with van der Waals surface area (Å²) in [6.45, 7) is 1.27. The minimum absolute atomic E-state index is 0.0149. The molecule has 7 nitrogen and oxygen atoms in total. The first-order chi connectivity index (χ1) is 14.1. The van der Waals surface area contributed by atoms with Crippen molar-refractivity contribution in [3.05, 3.63) is 66.9 Å². The molecule has 0 unspecified atom stereocenters. The number of aromatic nitrogens is 3. The summed E-state index contributed by atoms with van der Waals surface area (Å²) in [4.78, 5) is 12.2. The molecule has 3 N–H and O–H groups in total. The van der Waals surface area contributed by atoms with Gasteiger partial charge in [0.15, 0.2) is 5.03 Å². The summed E-state index contributed by atoms with van der Waals surface area (Å²) in [5, 5.41) is 4.00. The zero-order valence-electron chi connectivity index (χ0n) is 15.5. The van der Waals surface area contributed by atoms with E-state index < -0.39 is 10.0 Å². The molecule has 4 aromatic rings. The molecule has 0 atom stereocenters. The Morgan fingerprint density at radius 2 is 1.79 bits per heavy atom. The lowest BCUT2D eigenvalue weighted by atomic mass is 10.1. The van der Waals surface area contributed by atoms with Crippen LogP contribution in [0.15, 0.2) is 71.9 Å². The van der Waals surface area contributed by atoms with Crippen molar-refractivity contribution >= 4 is 21.1 Å². The number of benzene rings is 1. The number of hydrogen-bond acceptors (Lipinski definition) is 5. The second-order valence-electron chi connectivity index (χ2n) is 7.05. The molecule has 0 amide bonds. The predicted octanol–water partition coefficient (Wildman–Crippen LogP) is 2.54. The maximum atomic E-state index is 12.6. The average Bonchev–Trinajstić information content (AvgIpc) is 3.15. The highest BCUT2D eigenvalue weighted by Gasteiger charge is 2.25. The van der Waals surface area contributed by atoms with E-state index in [1.165, 1.54) is 6.07 Å².